The Morgan fingerprint density at radius 2 is 1.38 bits per heavy atom. The number of hydrogen-bond donors (Lipinski definition) is 1. The van der Waals surface area contributed by atoms with Crippen LogP contribution in [0.1, 0.15) is 34.6 Å². The first-order chi connectivity index (χ1) is 9.68. The second-order valence-electron chi connectivity index (χ2n) is 4.77. The highest BCUT2D eigenvalue weighted by molar-refractivity contribution is 5.90. The van der Waals surface area contributed by atoms with Gasteiger partial charge in [-0.15, -0.1) is 0 Å². The van der Waals surface area contributed by atoms with Gasteiger partial charge in [0.05, 0.1) is 12.2 Å². The van der Waals surface area contributed by atoms with Gasteiger partial charge in [-0.05, 0) is 34.6 Å². The van der Waals surface area contributed by atoms with Crippen molar-refractivity contribution in [3.63, 3.8) is 0 Å². The lowest BCUT2D eigenvalue weighted by Gasteiger charge is -2.22. The van der Waals surface area contributed by atoms with Crippen molar-refractivity contribution in [2.24, 2.45) is 0 Å². The van der Waals surface area contributed by atoms with Crippen LogP contribution in [-0.2, 0) is 28.6 Å². The number of aliphatic hydroxyl groups is 1. The molecule has 0 aliphatic carbocycles. The van der Waals surface area contributed by atoms with Gasteiger partial charge in [0.25, 0.3) is 0 Å². The van der Waals surface area contributed by atoms with Gasteiger partial charge in [0.15, 0.2) is 6.10 Å². The number of aliphatic hydroxyl groups excluding tert-OH is 1. The summed E-state index contributed by atoms with van der Waals surface area (Å²) in [6, 6.07) is 0. The van der Waals surface area contributed by atoms with Crippen molar-refractivity contribution in [2.45, 2.75) is 59.0 Å². The molecule has 0 aromatic heterocycles. The molecule has 0 aliphatic heterocycles. The van der Waals surface area contributed by atoms with E-state index in [0.29, 0.717) is 0 Å². The molecule has 0 saturated heterocycles. The molecule has 0 bridgehead atoms. The van der Waals surface area contributed by atoms with Crippen LogP contribution >= 0.6 is 0 Å². The molecule has 0 fully saturated rings. The number of allylic oxidation sites excluding steroid dienone is 1. The molecule has 0 unspecified atom stereocenters. The molecule has 21 heavy (non-hydrogen) atoms. The molecule has 0 radical (unpaired) electrons. The van der Waals surface area contributed by atoms with Crippen LogP contribution in [0.2, 0.25) is 0 Å². The zero-order valence-corrected chi connectivity index (χ0v) is 12.9. The van der Waals surface area contributed by atoms with E-state index in [1.54, 1.807) is 34.6 Å². The maximum Gasteiger partial charge on any atom is 0.351 e. The minimum absolute atomic E-state index is 0.486. The van der Waals surface area contributed by atoms with E-state index < -0.39 is 42.3 Å². The van der Waals surface area contributed by atoms with Crippen molar-refractivity contribution in [3.05, 3.63) is 12.2 Å². The second-order valence-corrected chi connectivity index (χ2v) is 4.77. The van der Waals surface area contributed by atoms with Crippen LogP contribution in [0.3, 0.4) is 0 Å². The molecule has 7 heteroatoms. The Morgan fingerprint density at radius 3 is 1.81 bits per heavy atom. The zero-order chi connectivity index (χ0) is 16.6. The summed E-state index contributed by atoms with van der Waals surface area (Å²) in [5.41, 5.74) is 0. The quantitative estimate of drug-likeness (QED) is 0.420. The van der Waals surface area contributed by atoms with Gasteiger partial charge in [-0.1, -0.05) is 6.08 Å². The molecule has 0 saturated carbocycles. The number of hydrogen-bond acceptors (Lipinski definition) is 7. The lowest BCUT2D eigenvalue weighted by molar-refractivity contribution is -0.185. The minimum Gasteiger partial charge on any atom is -0.461 e. The summed E-state index contributed by atoms with van der Waals surface area (Å²) in [4.78, 5) is 34.9. The van der Waals surface area contributed by atoms with E-state index in [-0.39, 0.29) is 0 Å². The Kier molecular flexibility index (Phi) is 8.30. The van der Waals surface area contributed by atoms with Crippen LogP contribution < -0.4 is 0 Å². The van der Waals surface area contributed by atoms with E-state index in [1.807, 2.05) is 0 Å². The Labute approximate surface area is 123 Å². The summed E-state index contributed by atoms with van der Waals surface area (Å²) in [6.45, 7) is 7.91. The van der Waals surface area contributed by atoms with E-state index in [1.165, 1.54) is 6.08 Å². The van der Waals surface area contributed by atoms with E-state index in [2.05, 4.69) is 0 Å². The van der Waals surface area contributed by atoms with Crippen molar-refractivity contribution in [1.29, 1.82) is 0 Å². The van der Waals surface area contributed by atoms with Gasteiger partial charge in [0, 0.05) is 6.08 Å². The first-order valence-electron chi connectivity index (χ1n) is 6.61. The molecular weight excluding hydrogens is 280 g/mol. The van der Waals surface area contributed by atoms with E-state index >= 15 is 0 Å². The fraction of sp³-hybridized carbons (Fsp3) is 0.643. The van der Waals surface area contributed by atoms with Crippen molar-refractivity contribution in [2.75, 3.05) is 0 Å². The smallest absolute Gasteiger partial charge is 0.351 e. The lowest BCUT2D eigenvalue weighted by Crippen LogP contribution is -2.45. The van der Waals surface area contributed by atoms with Gasteiger partial charge in [0.2, 0.25) is 6.10 Å². The van der Waals surface area contributed by atoms with Gasteiger partial charge < -0.3 is 19.3 Å². The monoisotopic (exact) mass is 302 g/mol. The molecule has 0 aromatic carbocycles. The molecule has 0 amide bonds. The third kappa shape index (κ3) is 7.45. The zero-order valence-electron chi connectivity index (χ0n) is 12.9. The summed E-state index contributed by atoms with van der Waals surface area (Å²) < 4.78 is 14.4. The van der Waals surface area contributed by atoms with Crippen LogP contribution in [-0.4, -0.2) is 47.4 Å². The summed E-state index contributed by atoms with van der Waals surface area (Å²) in [5, 5.41) is 9.85. The summed E-state index contributed by atoms with van der Waals surface area (Å²) in [6.07, 6.45) is -2.26. The highest BCUT2D eigenvalue weighted by Crippen LogP contribution is 2.09. The third-order valence-corrected chi connectivity index (χ3v) is 2.01. The van der Waals surface area contributed by atoms with Crippen LogP contribution in [0.25, 0.3) is 0 Å². The molecule has 7 nitrogen and oxygen atoms in total. The Balaban J connectivity index is 5.05. The van der Waals surface area contributed by atoms with Crippen LogP contribution in [0.4, 0.5) is 0 Å². The molecular formula is C14H22O7. The van der Waals surface area contributed by atoms with Crippen molar-refractivity contribution in [3.8, 4) is 0 Å². The predicted molar refractivity (Wildman–Crippen MR) is 73.2 cm³/mol. The topological polar surface area (TPSA) is 99.1 Å². The molecule has 0 spiro atoms. The van der Waals surface area contributed by atoms with Gasteiger partial charge in [-0.2, -0.15) is 0 Å². The molecule has 0 aromatic rings. The Morgan fingerprint density at radius 1 is 0.905 bits per heavy atom. The van der Waals surface area contributed by atoms with Crippen molar-refractivity contribution < 1.29 is 33.7 Å². The average molecular weight is 302 g/mol. The maximum absolute atomic E-state index is 11.8. The van der Waals surface area contributed by atoms with E-state index in [4.69, 9.17) is 14.2 Å². The third-order valence-electron chi connectivity index (χ3n) is 2.01. The summed E-state index contributed by atoms with van der Waals surface area (Å²) in [7, 11) is 0. The van der Waals surface area contributed by atoms with Gasteiger partial charge in [-0.25, -0.2) is 14.4 Å². The lowest BCUT2D eigenvalue weighted by atomic mass is 10.2. The second kappa shape index (κ2) is 9.12. The SMILES string of the molecule is C/C=C/C(=O)O[C@@H](C(=O)OC(C)C)[C@@H](O)C(=O)OC(C)C. The predicted octanol–water partition coefficient (Wildman–Crippen LogP) is 0.738. The first kappa shape index (κ1) is 19.1. The largest absolute Gasteiger partial charge is 0.461 e. The molecule has 0 heterocycles. The number of ether oxygens (including phenoxy) is 3. The van der Waals surface area contributed by atoms with Crippen molar-refractivity contribution >= 4 is 17.9 Å². The number of rotatable bonds is 7. The van der Waals surface area contributed by atoms with Crippen LogP contribution in [0, 0.1) is 0 Å². The molecule has 0 aliphatic rings. The molecule has 0 rings (SSSR count). The maximum atomic E-state index is 11.8. The highest BCUT2D eigenvalue weighted by atomic mass is 16.6. The van der Waals surface area contributed by atoms with Gasteiger partial charge in [-0.3, -0.25) is 0 Å². The average Bonchev–Trinajstić information content (AvgIpc) is 2.33. The van der Waals surface area contributed by atoms with Gasteiger partial charge in [0.1, 0.15) is 0 Å². The van der Waals surface area contributed by atoms with Crippen LogP contribution in [0.5, 0.6) is 0 Å². The Hall–Kier alpha value is -1.89. The van der Waals surface area contributed by atoms with E-state index in [0.717, 1.165) is 6.08 Å². The number of carbonyl (C=O) groups is 3. The fourth-order valence-electron chi connectivity index (χ4n) is 1.27. The van der Waals surface area contributed by atoms with E-state index in [9.17, 15) is 19.5 Å². The fourth-order valence-corrected chi connectivity index (χ4v) is 1.27. The van der Waals surface area contributed by atoms with Crippen molar-refractivity contribution in [1.82, 2.24) is 0 Å². The molecule has 1 N–H and O–H groups in total. The minimum atomic E-state index is -1.95. The van der Waals surface area contributed by atoms with Gasteiger partial charge >= 0.3 is 17.9 Å². The molecule has 120 valence electrons. The highest BCUT2D eigenvalue weighted by Gasteiger charge is 2.38. The van der Waals surface area contributed by atoms with Crippen LogP contribution in [0.15, 0.2) is 12.2 Å². The summed E-state index contributed by atoms with van der Waals surface area (Å²) >= 11 is 0. The Bertz CT molecular complexity index is 398. The number of carbonyl (C=O) groups excluding carboxylic acids is 3. The normalized spacial score (nSPS) is 14.1. The standard InChI is InChI=1S/C14H22O7/c1-6-7-10(15)21-12(14(18)20-9(4)5)11(16)13(17)19-8(2)3/h6-9,11-12,16H,1-5H3/b7-6+/t11-,12-/m1/s1. The first-order valence-corrected chi connectivity index (χ1v) is 6.61. The summed E-state index contributed by atoms with van der Waals surface area (Å²) in [5.74, 6) is -2.96. The molecule has 2 atom stereocenters. The number of esters is 3.